The summed E-state index contributed by atoms with van der Waals surface area (Å²) < 4.78 is 5.54. The van der Waals surface area contributed by atoms with E-state index in [1.165, 1.54) is 0 Å². The molecular formula is C8H15N3O. The van der Waals surface area contributed by atoms with Crippen molar-refractivity contribution in [2.24, 2.45) is 10.7 Å². The first-order valence-electron chi connectivity index (χ1n) is 4.30. The third-order valence-electron chi connectivity index (χ3n) is 2.80. The summed E-state index contributed by atoms with van der Waals surface area (Å²) >= 11 is 0. The second-order valence-corrected chi connectivity index (χ2v) is 3.91. The summed E-state index contributed by atoms with van der Waals surface area (Å²) in [5.74, 6) is 0. The first-order valence-corrected chi connectivity index (χ1v) is 4.30. The van der Waals surface area contributed by atoms with Gasteiger partial charge in [-0.2, -0.15) is 0 Å². The maximum absolute atomic E-state index is 5.54. The van der Waals surface area contributed by atoms with E-state index in [4.69, 9.17) is 10.5 Å². The number of likely N-dealkylation sites (N-methyl/N-ethyl adjacent to an activating group) is 1. The van der Waals surface area contributed by atoms with Crippen molar-refractivity contribution in [3.05, 3.63) is 0 Å². The molecule has 2 aliphatic heterocycles. The average Bonchev–Trinajstić information content (AvgIpc) is 2.42. The second kappa shape index (κ2) is 2.36. The van der Waals surface area contributed by atoms with Crippen LogP contribution in [-0.4, -0.2) is 42.7 Å². The number of aliphatic imine (C=N–C) groups is 1. The number of nitrogens with zero attached hydrogens (tertiary/aromatic N) is 2. The van der Waals surface area contributed by atoms with Crippen LogP contribution in [0.4, 0.5) is 0 Å². The van der Waals surface area contributed by atoms with Crippen molar-refractivity contribution in [3.63, 3.8) is 0 Å². The largest absolute Gasteiger partial charge is 0.455 e. The molecule has 0 aromatic heterocycles. The molecule has 1 saturated heterocycles. The van der Waals surface area contributed by atoms with Gasteiger partial charge >= 0.3 is 0 Å². The lowest BCUT2D eigenvalue weighted by Crippen LogP contribution is -2.37. The molecule has 12 heavy (non-hydrogen) atoms. The Morgan fingerprint density at radius 3 is 2.92 bits per heavy atom. The maximum Gasteiger partial charge on any atom is 0.282 e. The fourth-order valence-electron chi connectivity index (χ4n) is 2.07. The summed E-state index contributed by atoms with van der Waals surface area (Å²) in [7, 11) is 2.11. The molecule has 1 fully saturated rings. The Labute approximate surface area is 72.4 Å². The molecule has 2 atom stereocenters. The lowest BCUT2D eigenvalue weighted by atomic mass is 10.0. The van der Waals surface area contributed by atoms with E-state index in [-0.39, 0.29) is 5.60 Å². The Hall–Kier alpha value is -0.770. The zero-order chi connectivity index (χ0) is 8.77. The Morgan fingerprint density at radius 2 is 2.50 bits per heavy atom. The molecule has 4 nitrogen and oxygen atoms in total. The van der Waals surface area contributed by atoms with Gasteiger partial charge in [0.05, 0.1) is 6.54 Å². The Bertz CT molecular complexity index is 216. The molecule has 0 radical (unpaired) electrons. The van der Waals surface area contributed by atoms with E-state index < -0.39 is 0 Å². The van der Waals surface area contributed by atoms with Gasteiger partial charge in [-0.15, -0.1) is 0 Å². The summed E-state index contributed by atoms with van der Waals surface area (Å²) in [4.78, 5) is 6.37. The zero-order valence-corrected chi connectivity index (χ0v) is 7.58. The number of nitrogens with two attached hydrogens (primary N) is 1. The minimum atomic E-state index is -0.0990. The van der Waals surface area contributed by atoms with E-state index in [0.29, 0.717) is 12.1 Å². The average molecular weight is 169 g/mol. The SMILES string of the molecule is CC1CC2(CN=C(N)O2)CN1C. The van der Waals surface area contributed by atoms with Crippen LogP contribution in [0.25, 0.3) is 0 Å². The fourth-order valence-corrected chi connectivity index (χ4v) is 2.07. The van der Waals surface area contributed by atoms with Crippen LogP contribution in [0, 0.1) is 0 Å². The van der Waals surface area contributed by atoms with Crippen molar-refractivity contribution < 1.29 is 4.74 Å². The Balaban J connectivity index is 2.08. The van der Waals surface area contributed by atoms with Crippen molar-refractivity contribution in [2.45, 2.75) is 25.0 Å². The highest BCUT2D eigenvalue weighted by molar-refractivity contribution is 5.73. The first-order chi connectivity index (χ1) is 5.61. The van der Waals surface area contributed by atoms with Crippen molar-refractivity contribution in [1.82, 2.24) is 4.90 Å². The molecule has 0 amide bonds. The minimum Gasteiger partial charge on any atom is -0.455 e. The van der Waals surface area contributed by atoms with Crippen LogP contribution in [-0.2, 0) is 4.74 Å². The van der Waals surface area contributed by atoms with Crippen LogP contribution in [0.3, 0.4) is 0 Å². The molecule has 0 aromatic rings. The van der Waals surface area contributed by atoms with E-state index in [9.17, 15) is 0 Å². The van der Waals surface area contributed by atoms with Gasteiger partial charge in [-0.05, 0) is 14.0 Å². The van der Waals surface area contributed by atoms with Crippen molar-refractivity contribution in [2.75, 3.05) is 20.1 Å². The molecule has 2 heterocycles. The van der Waals surface area contributed by atoms with Crippen LogP contribution < -0.4 is 5.73 Å². The van der Waals surface area contributed by atoms with Crippen LogP contribution >= 0.6 is 0 Å². The predicted molar refractivity (Wildman–Crippen MR) is 47.0 cm³/mol. The summed E-state index contributed by atoms with van der Waals surface area (Å²) in [5.41, 5.74) is 5.39. The molecule has 1 spiro atoms. The first kappa shape index (κ1) is 7.86. The lowest BCUT2D eigenvalue weighted by molar-refractivity contribution is 0.0967. The minimum absolute atomic E-state index is 0.0990. The van der Waals surface area contributed by atoms with Gasteiger partial charge in [-0.1, -0.05) is 0 Å². The van der Waals surface area contributed by atoms with Gasteiger partial charge < -0.3 is 10.5 Å². The van der Waals surface area contributed by atoms with E-state index in [2.05, 4.69) is 23.9 Å². The number of likely N-dealkylation sites (tertiary alicyclic amines) is 1. The third kappa shape index (κ3) is 1.06. The third-order valence-corrected chi connectivity index (χ3v) is 2.80. The van der Waals surface area contributed by atoms with Gasteiger partial charge in [-0.25, -0.2) is 4.99 Å². The van der Waals surface area contributed by atoms with Crippen LogP contribution in [0.2, 0.25) is 0 Å². The molecule has 0 aliphatic carbocycles. The predicted octanol–water partition coefficient (Wildman–Crippen LogP) is -0.206. The molecule has 0 aromatic carbocycles. The van der Waals surface area contributed by atoms with E-state index in [1.54, 1.807) is 0 Å². The van der Waals surface area contributed by atoms with Gasteiger partial charge in [0.15, 0.2) is 0 Å². The highest BCUT2D eigenvalue weighted by Gasteiger charge is 2.45. The molecule has 4 heteroatoms. The van der Waals surface area contributed by atoms with Gasteiger partial charge in [0.2, 0.25) is 0 Å². The van der Waals surface area contributed by atoms with Crippen molar-refractivity contribution in [3.8, 4) is 0 Å². The number of hydrogen-bond acceptors (Lipinski definition) is 4. The molecular weight excluding hydrogens is 154 g/mol. The molecule has 0 saturated carbocycles. The normalized spacial score (nSPS) is 41.8. The van der Waals surface area contributed by atoms with Crippen LogP contribution in [0.5, 0.6) is 0 Å². The van der Waals surface area contributed by atoms with Crippen LogP contribution in [0.15, 0.2) is 4.99 Å². The molecule has 2 aliphatic rings. The summed E-state index contributed by atoms with van der Waals surface area (Å²) in [6.07, 6.45) is 1.04. The van der Waals surface area contributed by atoms with Gasteiger partial charge in [-0.3, -0.25) is 4.90 Å². The Kier molecular flexibility index (Phi) is 1.54. The van der Waals surface area contributed by atoms with Gasteiger partial charge in [0.25, 0.3) is 6.02 Å². The summed E-state index contributed by atoms with van der Waals surface area (Å²) in [6, 6.07) is 0.934. The zero-order valence-electron chi connectivity index (χ0n) is 7.58. The molecule has 2 unspecified atom stereocenters. The summed E-state index contributed by atoms with van der Waals surface area (Å²) in [5, 5.41) is 0. The maximum atomic E-state index is 5.54. The second-order valence-electron chi connectivity index (χ2n) is 3.91. The molecule has 2 N–H and O–H groups in total. The van der Waals surface area contributed by atoms with E-state index >= 15 is 0 Å². The quantitative estimate of drug-likeness (QED) is 0.546. The van der Waals surface area contributed by atoms with Crippen LogP contribution in [0.1, 0.15) is 13.3 Å². The molecule has 0 bridgehead atoms. The van der Waals surface area contributed by atoms with Crippen molar-refractivity contribution >= 4 is 6.02 Å². The number of ether oxygens (including phenoxy) is 1. The fraction of sp³-hybridized carbons (Fsp3) is 0.875. The van der Waals surface area contributed by atoms with E-state index in [0.717, 1.165) is 19.5 Å². The Morgan fingerprint density at radius 1 is 1.75 bits per heavy atom. The number of amidine groups is 1. The topological polar surface area (TPSA) is 50.9 Å². The molecule has 2 rings (SSSR count). The summed E-state index contributed by atoms with van der Waals surface area (Å²) in [6.45, 7) is 3.87. The highest BCUT2D eigenvalue weighted by atomic mass is 16.5. The number of rotatable bonds is 0. The smallest absolute Gasteiger partial charge is 0.282 e. The van der Waals surface area contributed by atoms with E-state index in [1.807, 2.05) is 0 Å². The highest BCUT2D eigenvalue weighted by Crippen LogP contribution is 2.32. The monoisotopic (exact) mass is 169 g/mol. The van der Waals surface area contributed by atoms with Gasteiger partial charge in [0, 0.05) is 19.0 Å². The standard InChI is InChI=1S/C8H15N3O/c1-6-3-8(5-11(6)2)4-10-7(9)12-8/h6H,3-5H2,1-2H3,(H2,9,10). The van der Waals surface area contributed by atoms with Crippen molar-refractivity contribution in [1.29, 1.82) is 0 Å². The number of hydrogen-bond donors (Lipinski definition) is 1. The lowest BCUT2D eigenvalue weighted by Gasteiger charge is -2.21. The molecule has 68 valence electrons. The van der Waals surface area contributed by atoms with Gasteiger partial charge in [0.1, 0.15) is 5.60 Å².